The Kier molecular flexibility index (Phi) is 4.90. The first-order valence-electron chi connectivity index (χ1n) is 7.89. The lowest BCUT2D eigenvalue weighted by atomic mass is 10.1. The topological polar surface area (TPSA) is 89.8 Å². The molecule has 0 unspecified atom stereocenters. The fraction of sp³-hybridized carbons (Fsp3) is 0.222. The zero-order valence-electron chi connectivity index (χ0n) is 13.8. The van der Waals surface area contributed by atoms with Crippen molar-refractivity contribution >= 4 is 34.9 Å². The summed E-state index contributed by atoms with van der Waals surface area (Å²) in [6.07, 6.45) is 0.721. The van der Waals surface area contributed by atoms with E-state index in [1.807, 2.05) is 31.2 Å². The van der Waals surface area contributed by atoms with Crippen LogP contribution in [0.4, 0.5) is 11.4 Å². The predicted molar refractivity (Wildman–Crippen MR) is 95.5 cm³/mol. The lowest BCUT2D eigenvalue weighted by Gasteiger charge is -2.22. The number of hydrogen-bond acceptors (Lipinski definition) is 5. The van der Waals surface area contributed by atoms with Crippen molar-refractivity contribution in [1.29, 1.82) is 0 Å². The number of anilines is 1. The van der Waals surface area contributed by atoms with Gasteiger partial charge in [-0.2, -0.15) is 0 Å². The smallest absolute Gasteiger partial charge is 0.345 e. The first kappa shape index (κ1) is 17.9. The number of nitro groups is 1. The largest absolute Gasteiger partial charge is 0.452 e. The van der Waals surface area contributed by atoms with Gasteiger partial charge in [0, 0.05) is 22.8 Å². The van der Waals surface area contributed by atoms with E-state index in [0.717, 1.165) is 23.7 Å². The number of ether oxygens (including phenoxy) is 1. The number of para-hydroxylation sites is 1. The monoisotopic (exact) mass is 374 g/mol. The summed E-state index contributed by atoms with van der Waals surface area (Å²) in [6.45, 7) is 1.40. The van der Waals surface area contributed by atoms with E-state index >= 15 is 0 Å². The maximum Gasteiger partial charge on any atom is 0.345 e. The molecule has 0 aromatic heterocycles. The van der Waals surface area contributed by atoms with E-state index in [1.54, 1.807) is 4.90 Å². The highest BCUT2D eigenvalue weighted by atomic mass is 35.5. The van der Waals surface area contributed by atoms with Gasteiger partial charge in [-0.15, -0.1) is 0 Å². The second kappa shape index (κ2) is 7.13. The van der Waals surface area contributed by atoms with Crippen LogP contribution in [0.1, 0.15) is 22.8 Å². The average Bonchev–Trinajstić information content (AvgIpc) is 2.95. The Balaban J connectivity index is 1.73. The number of esters is 1. The highest BCUT2D eigenvalue weighted by Crippen LogP contribution is 2.32. The number of rotatable bonds is 4. The molecule has 1 aliphatic rings. The summed E-state index contributed by atoms with van der Waals surface area (Å²) in [4.78, 5) is 36.6. The molecule has 1 atom stereocenters. The SMILES string of the molecule is C[C@@H]1Cc2ccccc2N1C(=O)COC(=O)c1ccc(Cl)cc1[N+](=O)[O-]. The van der Waals surface area contributed by atoms with Crippen molar-refractivity contribution < 1.29 is 19.2 Å². The highest BCUT2D eigenvalue weighted by Gasteiger charge is 2.31. The van der Waals surface area contributed by atoms with Crippen LogP contribution >= 0.6 is 11.6 Å². The first-order chi connectivity index (χ1) is 12.4. The average molecular weight is 375 g/mol. The Bertz CT molecular complexity index is 899. The van der Waals surface area contributed by atoms with E-state index in [9.17, 15) is 19.7 Å². The van der Waals surface area contributed by atoms with Crippen LogP contribution in [0.2, 0.25) is 5.02 Å². The summed E-state index contributed by atoms with van der Waals surface area (Å²) < 4.78 is 5.02. The molecular formula is C18H15ClN2O5. The molecule has 2 aromatic rings. The van der Waals surface area contributed by atoms with Crippen LogP contribution < -0.4 is 4.90 Å². The molecule has 0 aliphatic carbocycles. The summed E-state index contributed by atoms with van der Waals surface area (Å²) in [5, 5.41) is 11.2. The molecule has 8 heteroatoms. The van der Waals surface area contributed by atoms with Crippen LogP contribution in [-0.4, -0.2) is 29.4 Å². The van der Waals surface area contributed by atoms with Crippen molar-refractivity contribution in [2.45, 2.75) is 19.4 Å². The number of amides is 1. The van der Waals surface area contributed by atoms with Crippen LogP contribution in [0.5, 0.6) is 0 Å². The Labute approximate surface area is 154 Å². The molecule has 0 saturated heterocycles. The van der Waals surface area contributed by atoms with Gasteiger partial charge in [-0.3, -0.25) is 14.9 Å². The number of nitro benzene ring substituents is 1. The lowest BCUT2D eigenvalue weighted by molar-refractivity contribution is -0.385. The van der Waals surface area contributed by atoms with Crippen LogP contribution in [0.25, 0.3) is 0 Å². The summed E-state index contributed by atoms with van der Waals surface area (Å²) in [5.74, 6) is -1.32. The Morgan fingerprint density at radius 2 is 2.04 bits per heavy atom. The normalized spacial score (nSPS) is 15.5. The van der Waals surface area contributed by atoms with Crippen LogP contribution in [0.15, 0.2) is 42.5 Å². The molecule has 2 aromatic carbocycles. The first-order valence-corrected chi connectivity index (χ1v) is 8.27. The molecular weight excluding hydrogens is 360 g/mol. The molecule has 0 radical (unpaired) electrons. The molecule has 1 aliphatic heterocycles. The van der Waals surface area contributed by atoms with Gasteiger partial charge < -0.3 is 9.64 Å². The second-order valence-electron chi connectivity index (χ2n) is 5.94. The highest BCUT2D eigenvalue weighted by molar-refractivity contribution is 6.31. The maximum absolute atomic E-state index is 12.5. The molecule has 26 heavy (non-hydrogen) atoms. The number of nitrogens with zero attached hydrogens (tertiary/aromatic N) is 2. The van der Waals surface area contributed by atoms with E-state index in [0.29, 0.717) is 0 Å². The quantitative estimate of drug-likeness (QED) is 0.465. The third-order valence-corrected chi connectivity index (χ3v) is 4.41. The molecule has 0 spiro atoms. The fourth-order valence-corrected chi connectivity index (χ4v) is 3.21. The van der Waals surface area contributed by atoms with Crippen molar-refractivity contribution in [2.24, 2.45) is 0 Å². The fourth-order valence-electron chi connectivity index (χ4n) is 3.05. The molecule has 3 rings (SSSR count). The number of carbonyl (C=O) groups is 2. The predicted octanol–water partition coefficient (Wildman–Crippen LogP) is 3.38. The molecule has 134 valence electrons. The number of hydrogen-bond donors (Lipinski definition) is 0. The van der Waals surface area contributed by atoms with Crippen LogP contribution in [-0.2, 0) is 16.0 Å². The van der Waals surface area contributed by atoms with Gasteiger partial charge in [0.1, 0.15) is 5.56 Å². The standard InChI is InChI=1S/C18H15ClN2O5/c1-11-8-12-4-2-3-5-15(12)20(11)17(22)10-26-18(23)14-7-6-13(19)9-16(14)21(24)25/h2-7,9,11H,8,10H2,1H3/t11-/m1/s1. The lowest BCUT2D eigenvalue weighted by Crippen LogP contribution is -2.38. The minimum atomic E-state index is -0.943. The molecule has 0 N–H and O–H groups in total. The molecule has 1 heterocycles. The van der Waals surface area contributed by atoms with Gasteiger partial charge in [0.2, 0.25) is 0 Å². The van der Waals surface area contributed by atoms with E-state index in [1.165, 1.54) is 12.1 Å². The Morgan fingerprint density at radius 3 is 2.77 bits per heavy atom. The third kappa shape index (κ3) is 3.39. The van der Waals surface area contributed by atoms with E-state index in [-0.39, 0.29) is 22.5 Å². The summed E-state index contributed by atoms with van der Waals surface area (Å²) in [6, 6.07) is 11.1. The number of carbonyl (C=O) groups excluding carboxylic acids is 2. The molecule has 0 bridgehead atoms. The van der Waals surface area contributed by atoms with E-state index in [4.69, 9.17) is 16.3 Å². The molecule has 7 nitrogen and oxygen atoms in total. The number of benzene rings is 2. The Hall–Kier alpha value is -2.93. The maximum atomic E-state index is 12.5. The zero-order valence-corrected chi connectivity index (χ0v) is 14.6. The number of halogens is 1. The van der Waals surface area contributed by atoms with Crippen molar-refractivity contribution in [1.82, 2.24) is 0 Å². The van der Waals surface area contributed by atoms with Gasteiger partial charge in [0.05, 0.1) is 4.92 Å². The molecule has 1 amide bonds. The van der Waals surface area contributed by atoms with Crippen LogP contribution in [0.3, 0.4) is 0 Å². The van der Waals surface area contributed by atoms with Gasteiger partial charge in [-0.1, -0.05) is 29.8 Å². The van der Waals surface area contributed by atoms with Gasteiger partial charge in [-0.25, -0.2) is 4.79 Å². The Morgan fingerprint density at radius 1 is 1.31 bits per heavy atom. The van der Waals surface area contributed by atoms with Gasteiger partial charge in [0.25, 0.3) is 11.6 Å². The minimum Gasteiger partial charge on any atom is -0.452 e. The summed E-state index contributed by atoms with van der Waals surface area (Å²) in [7, 11) is 0. The van der Waals surface area contributed by atoms with Crippen molar-refractivity contribution in [2.75, 3.05) is 11.5 Å². The van der Waals surface area contributed by atoms with Crippen molar-refractivity contribution in [3.8, 4) is 0 Å². The van der Waals surface area contributed by atoms with E-state index < -0.39 is 23.2 Å². The second-order valence-corrected chi connectivity index (χ2v) is 6.38. The van der Waals surface area contributed by atoms with Crippen LogP contribution in [0, 0.1) is 10.1 Å². The van der Waals surface area contributed by atoms with Gasteiger partial charge in [0.15, 0.2) is 6.61 Å². The van der Waals surface area contributed by atoms with Gasteiger partial charge in [-0.05, 0) is 37.1 Å². The molecule has 0 fully saturated rings. The van der Waals surface area contributed by atoms with Crippen molar-refractivity contribution in [3.63, 3.8) is 0 Å². The molecule has 0 saturated carbocycles. The zero-order chi connectivity index (χ0) is 18.8. The van der Waals surface area contributed by atoms with Crippen molar-refractivity contribution in [3.05, 3.63) is 68.7 Å². The summed E-state index contributed by atoms with van der Waals surface area (Å²) >= 11 is 5.73. The van der Waals surface area contributed by atoms with Gasteiger partial charge >= 0.3 is 5.97 Å². The van der Waals surface area contributed by atoms with E-state index in [2.05, 4.69) is 0 Å². The summed E-state index contributed by atoms with van der Waals surface area (Å²) in [5.41, 5.74) is 1.13. The number of fused-ring (bicyclic) bond motifs is 1. The minimum absolute atomic E-state index is 0.0523. The third-order valence-electron chi connectivity index (χ3n) is 4.18.